The van der Waals surface area contributed by atoms with E-state index in [4.69, 9.17) is 0 Å². The van der Waals surface area contributed by atoms with E-state index in [1.54, 1.807) is 13.0 Å². The molecule has 0 bridgehead atoms. The quantitative estimate of drug-likeness (QED) is 0.718. The first kappa shape index (κ1) is 17.3. The first-order valence-electron chi connectivity index (χ1n) is 8.85. The average Bonchev–Trinajstić information content (AvgIpc) is 2.64. The third kappa shape index (κ3) is 3.45. The van der Waals surface area contributed by atoms with Gasteiger partial charge >= 0.3 is 6.18 Å². The molecule has 0 unspecified atom stereocenters. The van der Waals surface area contributed by atoms with Crippen molar-refractivity contribution in [3.63, 3.8) is 0 Å². The lowest BCUT2D eigenvalue weighted by Crippen LogP contribution is -2.48. The summed E-state index contributed by atoms with van der Waals surface area (Å²) < 4.78 is 39.1. The fourth-order valence-electron chi connectivity index (χ4n) is 4.20. The lowest BCUT2D eigenvalue weighted by Gasteiger charge is -2.43. The summed E-state index contributed by atoms with van der Waals surface area (Å²) in [7, 11) is 0. The standard InChI is InChI=1S/C19H24F3NO/c1-13(24)16-12-14-11-15(19(20,21)22)8-9-17(14)23-10-6-4-2-3-5-7-18(16)23/h8-9,11,16,18H,2-7,10,12H2,1H3/t16-,18-/m0/s1. The number of carbonyl (C=O) groups is 1. The molecule has 3 rings (SSSR count). The summed E-state index contributed by atoms with van der Waals surface area (Å²) in [5.74, 6) is -0.105. The van der Waals surface area contributed by atoms with Crippen LogP contribution >= 0.6 is 0 Å². The fourth-order valence-corrected chi connectivity index (χ4v) is 4.20. The van der Waals surface area contributed by atoms with Crippen LogP contribution in [0.3, 0.4) is 0 Å². The minimum Gasteiger partial charge on any atom is -0.368 e. The van der Waals surface area contributed by atoms with Crippen molar-refractivity contribution in [2.75, 3.05) is 11.4 Å². The molecule has 1 fully saturated rings. The number of hydrogen-bond donors (Lipinski definition) is 0. The Kier molecular flexibility index (Phi) is 4.88. The molecule has 1 aromatic rings. The highest BCUT2D eigenvalue weighted by atomic mass is 19.4. The molecule has 0 spiro atoms. The summed E-state index contributed by atoms with van der Waals surface area (Å²) in [6, 6.07) is 4.16. The summed E-state index contributed by atoms with van der Waals surface area (Å²) in [4.78, 5) is 14.4. The Bertz CT molecular complexity index is 611. The molecule has 5 heteroatoms. The smallest absolute Gasteiger partial charge is 0.368 e. The SMILES string of the molecule is CC(=O)[C@@H]1Cc2cc(C(F)(F)F)ccc2N2CCCCCCC[C@@H]12. The Labute approximate surface area is 141 Å². The zero-order chi connectivity index (χ0) is 17.3. The zero-order valence-corrected chi connectivity index (χ0v) is 14.0. The minimum atomic E-state index is -4.34. The molecule has 0 radical (unpaired) electrons. The highest BCUT2D eigenvalue weighted by molar-refractivity contribution is 5.81. The van der Waals surface area contributed by atoms with Crippen LogP contribution in [0.2, 0.25) is 0 Å². The number of fused-ring (bicyclic) bond motifs is 3. The van der Waals surface area contributed by atoms with Gasteiger partial charge in [0.2, 0.25) is 0 Å². The maximum absolute atomic E-state index is 13.0. The maximum Gasteiger partial charge on any atom is 0.416 e. The summed E-state index contributed by atoms with van der Waals surface area (Å²) in [6.45, 7) is 2.40. The predicted molar refractivity (Wildman–Crippen MR) is 88.2 cm³/mol. The van der Waals surface area contributed by atoms with Crippen molar-refractivity contribution in [1.82, 2.24) is 0 Å². The third-order valence-electron chi connectivity index (χ3n) is 5.44. The largest absolute Gasteiger partial charge is 0.416 e. The van der Waals surface area contributed by atoms with Crippen LogP contribution in [0.1, 0.15) is 56.6 Å². The van der Waals surface area contributed by atoms with E-state index in [0.29, 0.717) is 12.0 Å². The normalized spacial score (nSPS) is 25.1. The Morgan fingerprint density at radius 2 is 1.83 bits per heavy atom. The Morgan fingerprint density at radius 1 is 1.12 bits per heavy atom. The molecular weight excluding hydrogens is 315 g/mol. The van der Waals surface area contributed by atoms with Gasteiger partial charge in [-0.25, -0.2) is 0 Å². The second-order valence-corrected chi connectivity index (χ2v) is 7.08. The third-order valence-corrected chi connectivity index (χ3v) is 5.44. The van der Waals surface area contributed by atoms with E-state index in [0.717, 1.165) is 37.9 Å². The maximum atomic E-state index is 13.0. The van der Waals surface area contributed by atoms with Gasteiger partial charge in [-0.1, -0.05) is 25.7 Å². The fraction of sp³-hybridized carbons (Fsp3) is 0.632. The van der Waals surface area contributed by atoms with E-state index in [1.165, 1.54) is 25.0 Å². The molecule has 2 aliphatic heterocycles. The summed E-state index contributed by atoms with van der Waals surface area (Å²) in [5.41, 5.74) is 0.944. The number of nitrogens with zero attached hydrogens (tertiary/aromatic N) is 1. The molecule has 2 nitrogen and oxygen atoms in total. The van der Waals surface area contributed by atoms with Crippen molar-refractivity contribution in [3.8, 4) is 0 Å². The van der Waals surface area contributed by atoms with Crippen molar-refractivity contribution in [2.24, 2.45) is 5.92 Å². The van der Waals surface area contributed by atoms with Crippen LogP contribution < -0.4 is 4.90 Å². The minimum absolute atomic E-state index is 0.0901. The van der Waals surface area contributed by atoms with E-state index in [9.17, 15) is 18.0 Å². The lowest BCUT2D eigenvalue weighted by molar-refractivity contribution is -0.137. The zero-order valence-electron chi connectivity index (χ0n) is 14.0. The van der Waals surface area contributed by atoms with Crippen molar-refractivity contribution < 1.29 is 18.0 Å². The molecule has 1 saturated heterocycles. The van der Waals surface area contributed by atoms with Crippen molar-refractivity contribution >= 4 is 11.5 Å². The van der Waals surface area contributed by atoms with E-state index in [-0.39, 0.29) is 17.7 Å². The van der Waals surface area contributed by atoms with E-state index in [1.807, 2.05) is 0 Å². The van der Waals surface area contributed by atoms with Gasteiger partial charge < -0.3 is 4.90 Å². The van der Waals surface area contributed by atoms with Gasteiger partial charge in [0.15, 0.2) is 0 Å². The first-order chi connectivity index (χ1) is 11.4. The van der Waals surface area contributed by atoms with Crippen LogP contribution in [0.15, 0.2) is 18.2 Å². The number of Topliss-reactive ketones (excluding diaryl/α,β-unsaturated/α-hetero) is 1. The molecule has 1 aromatic carbocycles. The van der Waals surface area contributed by atoms with E-state index < -0.39 is 11.7 Å². The van der Waals surface area contributed by atoms with Crippen LogP contribution in [-0.2, 0) is 17.4 Å². The Balaban J connectivity index is 2.01. The molecule has 0 aliphatic carbocycles. The van der Waals surface area contributed by atoms with Gasteiger partial charge in [-0.3, -0.25) is 4.79 Å². The summed E-state index contributed by atoms with van der Waals surface area (Å²) in [6.07, 6.45) is 2.66. The van der Waals surface area contributed by atoms with Crippen LogP contribution in [0.5, 0.6) is 0 Å². The molecule has 24 heavy (non-hydrogen) atoms. The van der Waals surface area contributed by atoms with Gasteiger partial charge in [-0.15, -0.1) is 0 Å². The summed E-state index contributed by atoms with van der Waals surface area (Å²) in [5, 5.41) is 0. The van der Waals surface area contributed by atoms with Gasteiger partial charge in [0.1, 0.15) is 5.78 Å². The number of rotatable bonds is 1. The van der Waals surface area contributed by atoms with Crippen LogP contribution in [0, 0.1) is 5.92 Å². The second kappa shape index (κ2) is 6.77. The number of benzene rings is 1. The predicted octanol–water partition coefficient (Wildman–Crippen LogP) is 5.00. The average molecular weight is 339 g/mol. The number of halogens is 3. The van der Waals surface area contributed by atoms with Crippen molar-refractivity contribution in [1.29, 1.82) is 0 Å². The monoisotopic (exact) mass is 339 g/mol. The molecule has 132 valence electrons. The second-order valence-electron chi connectivity index (χ2n) is 7.08. The van der Waals surface area contributed by atoms with Gasteiger partial charge in [-0.2, -0.15) is 13.2 Å². The number of hydrogen-bond acceptors (Lipinski definition) is 2. The Hall–Kier alpha value is -1.52. The number of carbonyl (C=O) groups excluding carboxylic acids is 1. The van der Waals surface area contributed by atoms with Crippen LogP contribution in [-0.4, -0.2) is 18.4 Å². The van der Waals surface area contributed by atoms with Crippen molar-refractivity contribution in [2.45, 2.75) is 64.1 Å². The number of anilines is 1. The lowest BCUT2D eigenvalue weighted by atomic mass is 9.80. The van der Waals surface area contributed by atoms with E-state index in [2.05, 4.69) is 4.90 Å². The van der Waals surface area contributed by atoms with Gasteiger partial charge in [0.25, 0.3) is 0 Å². The highest BCUT2D eigenvalue weighted by Crippen LogP contribution is 2.40. The molecule has 2 heterocycles. The van der Waals surface area contributed by atoms with Gasteiger partial charge in [-0.05, 0) is 49.9 Å². The molecule has 0 aromatic heterocycles. The van der Waals surface area contributed by atoms with Crippen LogP contribution in [0.4, 0.5) is 18.9 Å². The molecule has 0 saturated carbocycles. The molecule has 0 N–H and O–H groups in total. The number of alkyl halides is 3. The first-order valence-corrected chi connectivity index (χ1v) is 8.85. The topological polar surface area (TPSA) is 20.3 Å². The van der Waals surface area contributed by atoms with Crippen molar-refractivity contribution in [3.05, 3.63) is 29.3 Å². The molecule has 0 amide bonds. The number of ketones is 1. The highest BCUT2D eigenvalue weighted by Gasteiger charge is 2.38. The van der Waals surface area contributed by atoms with E-state index >= 15 is 0 Å². The molecule has 2 aliphatic rings. The van der Waals surface area contributed by atoms with Gasteiger partial charge in [0.05, 0.1) is 5.56 Å². The molecule has 2 atom stereocenters. The summed E-state index contributed by atoms with van der Waals surface area (Å²) >= 11 is 0. The molecular formula is C19H24F3NO. The van der Waals surface area contributed by atoms with Crippen LogP contribution in [0.25, 0.3) is 0 Å². The van der Waals surface area contributed by atoms with Gasteiger partial charge in [0, 0.05) is 24.2 Å². The Morgan fingerprint density at radius 3 is 2.54 bits per heavy atom.